The Morgan fingerprint density at radius 2 is 2.00 bits per heavy atom. The van der Waals surface area contributed by atoms with Crippen molar-refractivity contribution in [2.24, 2.45) is 0 Å². The van der Waals surface area contributed by atoms with Crippen LogP contribution >= 0.6 is 0 Å². The second-order valence-electron chi connectivity index (χ2n) is 2.08. The van der Waals surface area contributed by atoms with Crippen LogP contribution in [0.2, 0.25) is 0 Å². The fourth-order valence-corrected chi connectivity index (χ4v) is 0.691. The number of rotatable bonds is 4. The summed E-state index contributed by atoms with van der Waals surface area (Å²) in [7, 11) is -1.86. The van der Waals surface area contributed by atoms with Crippen LogP contribution in [0.5, 0.6) is 11.8 Å². The Morgan fingerprint density at radius 3 is 2.46 bits per heavy atom. The molecule has 70 valence electrons. The molecule has 0 aromatic carbocycles. The lowest BCUT2D eigenvalue weighted by molar-refractivity contribution is 0.283. The number of hydrogen-bond donors (Lipinski definition) is 2. The Kier molecular flexibility index (Phi) is 3.47. The van der Waals surface area contributed by atoms with Gasteiger partial charge < -0.3 is 19.4 Å². The van der Waals surface area contributed by atoms with E-state index in [9.17, 15) is 0 Å². The SMILES string of the molecule is CCOc1ncc(OB(O)O)cn1. The van der Waals surface area contributed by atoms with Gasteiger partial charge in [-0.25, -0.2) is 0 Å². The molecule has 1 heterocycles. The van der Waals surface area contributed by atoms with E-state index in [0.29, 0.717) is 6.61 Å². The van der Waals surface area contributed by atoms with Crippen LogP contribution in [0.4, 0.5) is 0 Å². The predicted octanol–water partition coefficient (Wildman–Crippen LogP) is -0.776. The number of nitrogens with zero attached hydrogens (tertiary/aromatic N) is 2. The van der Waals surface area contributed by atoms with Crippen LogP contribution in [-0.4, -0.2) is 33.9 Å². The van der Waals surface area contributed by atoms with Crippen LogP contribution in [0.1, 0.15) is 6.92 Å². The molecule has 0 radical (unpaired) electrons. The fourth-order valence-electron chi connectivity index (χ4n) is 0.691. The maximum absolute atomic E-state index is 8.42. The highest BCUT2D eigenvalue weighted by molar-refractivity contribution is 6.33. The van der Waals surface area contributed by atoms with Gasteiger partial charge in [0, 0.05) is 0 Å². The summed E-state index contributed by atoms with van der Waals surface area (Å²) in [6.45, 7) is 2.29. The molecular formula is C6H9BN2O4. The second kappa shape index (κ2) is 4.63. The van der Waals surface area contributed by atoms with E-state index >= 15 is 0 Å². The van der Waals surface area contributed by atoms with Crippen LogP contribution in [0.15, 0.2) is 12.4 Å². The van der Waals surface area contributed by atoms with Crippen molar-refractivity contribution in [1.82, 2.24) is 9.97 Å². The third-order valence-corrected chi connectivity index (χ3v) is 1.12. The Morgan fingerprint density at radius 1 is 1.38 bits per heavy atom. The monoisotopic (exact) mass is 184 g/mol. The van der Waals surface area contributed by atoms with Crippen LogP contribution in [0.3, 0.4) is 0 Å². The van der Waals surface area contributed by atoms with Crippen molar-refractivity contribution in [2.45, 2.75) is 6.92 Å². The maximum Gasteiger partial charge on any atom is 0.707 e. The van der Waals surface area contributed by atoms with Crippen molar-refractivity contribution in [1.29, 1.82) is 0 Å². The lowest BCUT2D eigenvalue weighted by Crippen LogP contribution is -2.20. The molecule has 0 bridgehead atoms. The molecule has 0 fully saturated rings. The normalized spacial score (nSPS) is 9.46. The van der Waals surface area contributed by atoms with Crippen molar-refractivity contribution in [3.05, 3.63) is 12.4 Å². The van der Waals surface area contributed by atoms with Crippen molar-refractivity contribution in [3.63, 3.8) is 0 Å². The molecule has 0 unspecified atom stereocenters. The average molecular weight is 184 g/mol. The summed E-state index contributed by atoms with van der Waals surface area (Å²) in [6, 6.07) is 0.224. The van der Waals surface area contributed by atoms with Gasteiger partial charge >= 0.3 is 13.3 Å². The molecule has 0 spiro atoms. The smallest absolute Gasteiger partial charge is 0.509 e. The highest BCUT2D eigenvalue weighted by atomic mass is 16.6. The van der Waals surface area contributed by atoms with E-state index in [-0.39, 0.29) is 11.8 Å². The molecule has 13 heavy (non-hydrogen) atoms. The van der Waals surface area contributed by atoms with Gasteiger partial charge in [-0.1, -0.05) is 0 Å². The van der Waals surface area contributed by atoms with E-state index in [4.69, 9.17) is 14.8 Å². The first-order chi connectivity index (χ1) is 6.22. The van der Waals surface area contributed by atoms with Gasteiger partial charge in [-0.3, -0.25) is 0 Å². The fraction of sp³-hybridized carbons (Fsp3) is 0.333. The summed E-state index contributed by atoms with van der Waals surface area (Å²) in [5.41, 5.74) is 0. The molecule has 6 nitrogen and oxygen atoms in total. The summed E-state index contributed by atoms with van der Waals surface area (Å²) >= 11 is 0. The minimum Gasteiger partial charge on any atom is -0.509 e. The molecule has 1 rings (SSSR count). The molecule has 1 aromatic rings. The maximum atomic E-state index is 8.42. The van der Waals surface area contributed by atoms with Gasteiger partial charge in [0.2, 0.25) is 0 Å². The van der Waals surface area contributed by atoms with E-state index in [2.05, 4.69) is 14.6 Å². The predicted molar refractivity (Wildman–Crippen MR) is 44.0 cm³/mol. The zero-order chi connectivity index (χ0) is 9.68. The molecule has 0 atom stereocenters. The largest absolute Gasteiger partial charge is 0.707 e. The molecule has 0 aliphatic rings. The first-order valence-corrected chi connectivity index (χ1v) is 3.70. The van der Waals surface area contributed by atoms with E-state index in [1.165, 1.54) is 12.4 Å². The third-order valence-electron chi connectivity index (χ3n) is 1.12. The zero-order valence-electron chi connectivity index (χ0n) is 7.04. The van der Waals surface area contributed by atoms with Gasteiger partial charge in [0.25, 0.3) is 0 Å². The molecule has 1 aromatic heterocycles. The zero-order valence-corrected chi connectivity index (χ0v) is 7.04. The number of hydrogen-bond acceptors (Lipinski definition) is 6. The average Bonchev–Trinajstić information content (AvgIpc) is 2.08. The molecule has 0 aliphatic heterocycles. The summed E-state index contributed by atoms with van der Waals surface area (Å²) in [6.07, 6.45) is 2.58. The molecule has 0 saturated carbocycles. The second-order valence-corrected chi connectivity index (χ2v) is 2.08. The topological polar surface area (TPSA) is 84.7 Å². The van der Waals surface area contributed by atoms with Gasteiger partial charge in [-0.15, -0.1) is 0 Å². The van der Waals surface area contributed by atoms with E-state index < -0.39 is 7.32 Å². The standard InChI is InChI=1S/C6H9BN2O4/c1-2-12-6-8-3-5(4-9-6)13-7(10)11/h3-4,10-11H,2H2,1H3. The summed E-state index contributed by atoms with van der Waals surface area (Å²) in [4.78, 5) is 7.48. The van der Waals surface area contributed by atoms with Gasteiger partial charge in [0.05, 0.1) is 19.0 Å². The highest BCUT2D eigenvalue weighted by Gasteiger charge is 2.11. The van der Waals surface area contributed by atoms with Crippen molar-refractivity contribution < 1.29 is 19.4 Å². The van der Waals surface area contributed by atoms with Crippen LogP contribution < -0.4 is 9.39 Å². The first-order valence-electron chi connectivity index (χ1n) is 3.70. The Labute approximate surface area is 75.3 Å². The van der Waals surface area contributed by atoms with E-state index in [1.54, 1.807) is 0 Å². The summed E-state index contributed by atoms with van der Waals surface area (Å²) < 4.78 is 9.44. The van der Waals surface area contributed by atoms with Crippen molar-refractivity contribution >= 4 is 7.32 Å². The van der Waals surface area contributed by atoms with Crippen molar-refractivity contribution in [3.8, 4) is 11.8 Å². The molecule has 0 aliphatic carbocycles. The number of ether oxygens (including phenoxy) is 1. The highest BCUT2D eigenvalue weighted by Crippen LogP contribution is 2.09. The first kappa shape index (κ1) is 9.75. The third kappa shape index (κ3) is 3.26. The van der Waals surface area contributed by atoms with Crippen LogP contribution in [0, 0.1) is 0 Å². The Balaban J connectivity index is 2.59. The van der Waals surface area contributed by atoms with Crippen LogP contribution in [-0.2, 0) is 0 Å². The molecule has 0 saturated heterocycles. The summed E-state index contributed by atoms with van der Waals surface area (Å²) in [5.74, 6) is 0.165. The van der Waals surface area contributed by atoms with Gasteiger partial charge in [-0.2, -0.15) is 9.97 Å². The quantitative estimate of drug-likeness (QED) is 0.597. The van der Waals surface area contributed by atoms with Crippen molar-refractivity contribution in [2.75, 3.05) is 6.61 Å². The minimum absolute atomic E-state index is 0.165. The van der Waals surface area contributed by atoms with Gasteiger partial charge in [0.15, 0.2) is 0 Å². The molecule has 2 N–H and O–H groups in total. The molecular weight excluding hydrogens is 175 g/mol. The summed E-state index contributed by atoms with van der Waals surface area (Å²) in [5, 5.41) is 16.8. The lowest BCUT2D eigenvalue weighted by atomic mass is 10.2. The van der Waals surface area contributed by atoms with E-state index in [0.717, 1.165) is 0 Å². The Hall–Kier alpha value is -1.34. The minimum atomic E-state index is -1.86. The van der Waals surface area contributed by atoms with Crippen LogP contribution in [0.25, 0.3) is 0 Å². The van der Waals surface area contributed by atoms with Gasteiger partial charge in [-0.05, 0) is 6.92 Å². The Bertz CT molecular complexity index is 253. The number of aromatic nitrogens is 2. The molecule has 7 heteroatoms. The van der Waals surface area contributed by atoms with Gasteiger partial charge in [0.1, 0.15) is 5.75 Å². The molecule has 0 amide bonds. The van der Waals surface area contributed by atoms with E-state index in [1.807, 2.05) is 6.92 Å². The lowest BCUT2D eigenvalue weighted by Gasteiger charge is -2.04.